The van der Waals surface area contributed by atoms with Gasteiger partial charge < -0.3 is 20.1 Å². The van der Waals surface area contributed by atoms with Crippen LogP contribution in [0.2, 0.25) is 0 Å². The molecule has 1 saturated heterocycles. The van der Waals surface area contributed by atoms with Gasteiger partial charge in [-0.1, -0.05) is 6.07 Å². The van der Waals surface area contributed by atoms with Gasteiger partial charge in [0, 0.05) is 31.2 Å². The standard InChI is InChI=1S/C15H25N3O2S.HI/c1-2-16-15(18-11-14-5-3-10-21-14)17-7-4-8-20-13-6-9-19-12-13;/h3,5,10,13H,2,4,6-9,11-12H2,1H3,(H2,16,17,18);1H. The molecule has 126 valence electrons. The first kappa shape index (κ1) is 19.7. The van der Waals surface area contributed by atoms with Crippen LogP contribution in [0.5, 0.6) is 0 Å². The molecule has 2 heterocycles. The zero-order valence-corrected chi connectivity index (χ0v) is 16.2. The second-order valence-electron chi connectivity index (χ2n) is 4.91. The molecular formula is C15H26IN3O2S. The second kappa shape index (κ2) is 12.1. The van der Waals surface area contributed by atoms with E-state index in [4.69, 9.17) is 9.47 Å². The van der Waals surface area contributed by atoms with Crippen molar-refractivity contribution in [2.75, 3.05) is 32.9 Å². The van der Waals surface area contributed by atoms with Crippen LogP contribution >= 0.6 is 35.3 Å². The largest absolute Gasteiger partial charge is 0.379 e. The van der Waals surface area contributed by atoms with Crippen molar-refractivity contribution in [3.63, 3.8) is 0 Å². The summed E-state index contributed by atoms with van der Waals surface area (Å²) in [6, 6.07) is 4.16. The van der Waals surface area contributed by atoms with E-state index >= 15 is 0 Å². The number of rotatable bonds is 8. The smallest absolute Gasteiger partial charge is 0.191 e. The molecule has 1 unspecified atom stereocenters. The van der Waals surface area contributed by atoms with Gasteiger partial charge in [0.2, 0.25) is 0 Å². The van der Waals surface area contributed by atoms with Crippen molar-refractivity contribution in [3.05, 3.63) is 22.4 Å². The number of aliphatic imine (C=N–C) groups is 1. The van der Waals surface area contributed by atoms with Gasteiger partial charge in [-0.2, -0.15) is 0 Å². The Morgan fingerprint density at radius 3 is 3.09 bits per heavy atom. The molecule has 1 fully saturated rings. The van der Waals surface area contributed by atoms with Crippen molar-refractivity contribution in [1.29, 1.82) is 0 Å². The predicted octanol–water partition coefficient (Wildman–Crippen LogP) is 2.62. The molecule has 0 spiro atoms. The average molecular weight is 439 g/mol. The van der Waals surface area contributed by atoms with E-state index < -0.39 is 0 Å². The Hall–Kier alpha value is -0.380. The third kappa shape index (κ3) is 7.75. The van der Waals surface area contributed by atoms with Crippen LogP contribution in [0.3, 0.4) is 0 Å². The summed E-state index contributed by atoms with van der Waals surface area (Å²) in [5.41, 5.74) is 0. The third-order valence-electron chi connectivity index (χ3n) is 3.17. The number of halogens is 1. The van der Waals surface area contributed by atoms with Crippen LogP contribution in [0.4, 0.5) is 0 Å². The molecular weight excluding hydrogens is 413 g/mol. The van der Waals surface area contributed by atoms with Crippen LogP contribution < -0.4 is 10.6 Å². The Kier molecular flexibility index (Phi) is 10.8. The van der Waals surface area contributed by atoms with Crippen molar-refractivity contribution in [2.24, 2.45) is 4.99 Å². The quantitative estimate of drug-likeness (QED) is 0.283. The normalized spacial score (nSPS) is 18.0. The highest BCUT2D eigenvalue weighted by molar-refractivity contribution is 14.0. The van der Waals surface area contributed by atoms with Gasteiger partial charge in [-0.05, 0) is 31.2 Å². The van der Waals surface area contributed by atoms with Gasteiger partial charge in [0.15, 0.2) is 5.96 Å². The highest BCUT2D eigenvalue weighted by atomic mass is 127. The minimum Gasteiger partial charge on any atom is -0.379 e. The predicted molar refractivity (Wildman–Crippen MR) is 102 cm³/mol. The van der Waals surface area contributed by atoms with Gasteiger partial charge in [-0.3, -0.25) is 0 Å². The summed E-state index contributed by atoms with van der Waals surface area (Å²) in [6.07, 6.45) is 2.30. The van der Waals surface area contributed by atoms with E-state index in [-0.39, 0.29) is 24.0 Å². The summed E-state index contributed by atoms with van der Waals surface area (Å²) in [7, 11) is 0. The van der Waals surface area contributed by atoms with E-state index in [9.17, 15) is 0 Å². The molecule has 2 rings (SSSR count). The lowest BCUT2D eigenvalue weighted by molar-refractivity contribution is 0.0420. The molecule has 0 amide bonds. The van der Waals surface area contributed by atoms with E-state index in [1.54, 1.807) is 11.3 Å². The van der Waals surface area contributed by atoms with Crippen molar-refractivity contribution >= 4 is 41.3 Å². The van der Waals surface area contributed by atoms with Crippen molar-refractivity contribution in [1.82, 2.24) is 10.6 Å². The van der Waals surface area contributed by atoms with Crippen LogP contribution in [-0.2, 0) is 16.0 Å². The maximum absolute atomic E-state index is 5.74. The molecule has 7 heteroatoms. The molecule has 1 aromatic heterocycles. The number of guanidine groups is 1. The molecule has 1 atom stereocenters. The monoisotopic (exact) mass is 439 g/mol. The fourth-order valence-corrected chi connectivity index (χ4v) is 2.70. The van der Waals surface area contributed by atoms with E-state index in [2.05, 4.69) is 40.1 Å². The van der Waals surface area contributed by atoms with E-state index in [0.717, 1.165) is 58.3 Å². The molecule has 0 aromatic carbocycles. The summed E-state index contributed by atoms with van der Waals surface area (Å²) >= 11 is 1.73. The van der Waals surface area contributed by atoms with Gasteiger partial charge in [-0.25, -0.2) is 4.99 Å². The van der Waals surface area contributed by atoms with Gasteiger partial charge in [0.1, 0.15) is 0 Å². The Morgan fingerprint density at radius 2 is 2.41 bits per heavy atom. The van der Waals surface area contributed by atoms with Crippen LogP contribution in [0, 0.1) is 0 Å². The molecule has 22 heavy (non-hydrogen) atoms. The second-order valence-corrected chi connectivity index (χ2v) is 5.94. The fraction of sp³-hybridized carbons (Fsp3) is 0.667. The van der Waals surface area contributed by atoms with Crippen LogP contribution in [-0.4, -0.2) is 45.0 Å². The Bertz CT molecular complexity index is 409. The Labute approximate surface area is 153 Å². The lowest BCUT2D eigenvalue weighted by atomic mass is 10.3. The first-order chi connectivity index (χ1) is 10.4. The van der Waals surface area contributed by atoms with E-state index in [0.29, 0.717) is 6.10 Å². The van der Waals surface area contributed by atoms with Crippen molar-refractivity contribution in [2.45, 2.75) is 32.4 Å². The fourth-order valence-electron chi connectivity index (χ4n) is 2.07. The third-order valence-corrected chi connectivity index (χ3v) is 4.03. The SMILES string of the molecule is CCNC(=NCc1cccs1)NCCCOC1CCOC1.I. The van der Waals surface area contributed by atoms with Crippen molar-refractivity contribution in [3.8, 4) is 0 Å². The Balaban J connectivity index is 0.00000242. The summed E-state index contributed by atoms with van der Waals surface area (Å²) in [6.45, 7) is 6.89. The summed E-state index contributed by atoms with van der Waals surface area (Å²) in [5.74, 6) is 0.870. The topological polar surface area (TPSA) is 54.9 Å². The number of hydrogen-bond donors (Lipinski definition) is 2. The summed E-state index contributed by atoms with van der Waals surface area (Å²) in [5, 5.41) is 8.68. The van der Waals surface area contributed by atoms with Gasteiger partial charge in [-0.15, -0.1) is 35.3 Å². The molecule has 1 aliphatic rings. The molecule has 0 radical (unpaired) electrons. The van der Waals surface area contributed by atoms with Crippen LogP contribution in [0.15, 0.2) is 22.5 Å². The molecule has 1 aromatic rings. The maximum atomic E-state index is 5.74. The molecule has 2 N–H and O–H groups in total. The van der Waals surface area contributed by atoms with Crippen LogP contribution in [0.1, 0.15) is 24.6 Å². The van der Waals surface area contributed by atoms with Crippen LogP contribution in [0.25, 0.3) is 0 Å². The van der Waals surface area contributed by atoms with Gasteiger partial charge in [0.25, 0.3) is 0 Å². The zero-order valence-electron chi connectivity index (χ0n) is 13.0. The number of nitrogens with one attached hydrogen (secondary N) is 2. The van der Waals surface area contributed by atoms with Gasteiger partial charge in [0.05, 0.1) is 19.3 Å². The first-order valence-corrected chi connectivity index (χ1v) is 8.50. The number of nitrogens with zero attached hydrogens (tertiary/aromatic N) is 1. The maximum Gasteiger partial charge on any atom is 0.191 e. The lowest BCUT2D eigenvalue weighted by Gasteiger charge is -2.12. The van der Waals surface area contributed by atoms with Gasteiger partial charge >= 0.3 is 0 Å². The minimum atomic E-state index is 0. The molecule has 0 aliphatic carbocycles. The number of thiophene rings is 1. The Morgan fingerprint density at radius 1 is 1.50 bits per heavy atom. The minimum absolute atomic E-state index is 0. The average Bonchev–Trinajstić information content (AvgIpc) is 3.17. The summed E-state index contributed by atoms with van der Waals surface area (Å²) < 4.78 is 11.0. The molecule has 0 bridgehead atoms. The highest BCUT2D eigenvalue weighted by Gasteiger charge is 2.15. The molecule has 1 aliphatic heterocycles. The zero-order chi connectivity index (χ0) is 14.8. The summed E-state index contributed by atoms with van der Waals surface area (Å²) in [4.78, 5) is 5.85. The van der Waals surface area contributed by atoms with E-state index in [1.807, 2.05) is 0 Å². The van der Waals surface area contributed by atoms with Crippen molar-refractivity contribution < 1.29 is 9.47 Å². The van der Waals surface area contributed by atoms with E-state index in [1.165, 1.54) is 4.88 Å². The number of ether oxygens (including phenoxy) is 2. The lowest BCUT2D eigenvalue weighted by Crippen LogP contribution is -2.38. The first-order valence-electron chi connectivity index (χ1n) is 7.62. The molecule has 5 nitrogen and oxygen atoms in total. The highest BCUT2D eigenvalue weighted by Crippen LogP contribution is 2.09. The number of hydrogen-bond acceptors (Lipinski definition) is 4. The molecule has 0 saturated carbocycles.